The van der Waals surface area contributed by atoms with E-state index < -0.39 is 0 Å². The van der Waals surface area contributed by atoms with E-state index in [1.54, 1.807) is 0 Å². The first-order valence-electron chi connectivity index (χ1n) is 17.7. The number of nitrogens with zero attached hydrogens (tertiary/aromatic N) is 3. The van der Waals surface area contributed by atoms with Crippen LogP contribution in [0.15, 0.2) is 188 Å². The average molecular weight is 682 g/mol. The second kappa shape index (κ2) is 11.5. The zero-order valence-corrected chi connectivity index (χ0v) is 29.0. The number of rotatable bonds is 5. The first-order chi connectivity index (χ1) is 25.8. The Morgan fingerprint density at radius 3 is 1.60 bits per heavy atom. The van der Waals surface area contributed by atoms with E-state index in [-0.39, 0.29) is 0 Å². The number of hydrogen-bond acceptors (Lipinski definition) is 2. The van der Waals surface area contributed by atoms with Gasteiger partial charge < -0.3 is 14.0 Å². The van der Waals surface area contributed by atoms with Gasteiger partial charge in [0.2, 0.25) is 0 Å². The standard InChI is InChI=1S/C48H31N3S/c1-2-14-32(15-3-1)50-43-24-10-6-20-38(43)40-31-35(28-29-44(40)50)49(45-25-13-27-47-48(45)39-21-7-11-26-46(39)52-47)33-16-12-17-34(30-33)51-41-22-8-4-18-36(41)37-19-5-9-23-42(37)51/h1-31H. The Morgan fingerprint density at radius 2 is 0.865 bits per heavy atom. The predicted molar refractivity (Wildman–Crippen MR) is 223 cm³/mol. The number of benzene rings is 8. The van der Waals surface area contributed by atoms with Crippen LogP contribution < -0.4 is 4.90 Å². The molecular weight excluding hydrogens is 651 g/mol. The van der Waals surface area contributed by atoms with E-state index >= 15 is 0 Å². The first kappa shape index (κ1) is 29.1. The second-order valence-corrected chi connectivity index (χ2v) is 14.4. The minimum Gasteiger partial charge on any atom is -0.310 e. The van der Waals surface area contributed by atoms with E-state index in [2.05, 4.69) is 202 Å². The zero-order valence-electron chi connectivity index (χ0n) is 28.1. The zero-order chi connectivity index (χ0) is 34.2. The van der Waals surface area contributed by atoms with Crippen LogP contribution in [0.5, 0.6) is 0 Å². The van der Waals surface area contributed by atoms with Gasteiger partial charge in [0.05, 0.1) is 27.8 Å². The topological polar surface area (TPSA) is 13.1 Å². The smallest absolute Gasteiger partial charge is 0.0554 e. The number of anilines is 3. The highest BCUT2D eigenvalue weighted by Crippen LogP contribution is 2.46. The lowest BCUT2D eigenvalue weighted by Gasteiger charge is -2.27. The molecule has 3 aromatic heterocycles. The van der Waals surface area contributed by atoms with Gasteiger partial charge in [0.25, 0.3) is 0 Å². The Balaban J connectivity index is 1.20. The minimum absolute atomic E-state index is 1.10. The second-order valence-electron chi connectivity index (χ2n) is 13.4. The van der Waals surface area contributed by atoms with Crippen molar-refractivity contribution in [2.24, 2.45) is 0 Å². The Morgan fingerprint density at radius 1 is 0.346 bits per heavy atom. The fourth-order valence-electron chi connectivity index (χ4n) is 8.30. The van der Waals surface area contributed by atoms with Crippen molar-refractivity contribution in [2.45, 2.75) is 0 Å². The summed E-state index contributed by atoms with van der Waals surface area (Å²) in [5, 5.41) is 7.54. The van der Waals surface area contributed by atoms with Crippen LogP contribution in [0.2, 0.25) is 0 Å². The van der Waals surface area contributed by atoms with Crippen LogP contribution in [0.4, 0.5) is 17.1 Å². The summed E-state index contributed by atoms with van der Waals surface area (Å²) in [5.41, 5.74) is 10.5. The van der Waals surface area contributed by atoms with Crippen LogP contribution in [0.3, 0.4) is 0 Å². The van der Waals surface area contributed by atoms with E-state index in [0.717, 1.165) is 22.7 Å². The molecule has 244 valence electrons. The first-order valence-corrected chi connectivity index (χ1v) is 18.5. The van der Waals surface area contributed by atoms with Gasteiger partial charge in [0, 0.05) is 64.5 Å². The highest BCUT2D eigenvalue weighted by molar-refractivity contribution is 7.26. The van der Waals surface area contributed by atoms with Gasteiger partial charge in [-0.3, -0.25) is 0 Å². The molecule has 0 radical (unpaired) electrons. The van der Waals surface area contributed by atoms with E-state index in [0.29, 0.717) is 0 Å². The summed E-state index contributed by atoms with van der Waals surface area (Å²) in [4.78, 5) is 2.47. The minimum atomic E-state index is 1.10. The van der Waals surface area contributed by atoms with Crippen LogP contribution in [0.25, 0.3) is 75.2 Å². The molecule has 0 aliphatic rings. The SMILES string of the molecule is c1ccc(-n2c3ccccc3c3cc(N(c4cccc(-n5c6ccccc6c6ccccc65)c4)c4cccc5sc6ccccc6c45)ccc32)cc1. The molecule has 0 saturated carbocycles. The van der Waals surface area contributed by atoms with Gasteiger partial charge in [-0.05, 0) is 84.9 Å². The van der Waals surface area contributed by atoms with E-state index in [4.69, 9.17) is 0 Å². The maximum Gasteiger partial charge on any atom is 0.0554 e. The van der Waals surface area contributed by atoms with E-state index in [1.165, 1.54) is 69.5 Å². The molecule has 0 unspecified atom stereocenters. The Hall–Kier alpha value is -6.62. The van der Waals surface area contributed by atoms with Gasteiger partial charge in [-0.2, -0.15) is 0 Å². The van der Waals surface area contributed by atoms with E-state index in [9.17, 15) is 0 Å². The number of para-hydroxylation sites is 4. The number of aromatic nitrogens is 2. The average Bonchev–Trinajstić information content (AvgIpc) is 3.87. The van der Waals surface area contributed by atoms with Gasteiger partial charge in [-0.1, -0.05) is 103 Å². The molecule has 11 aromatic rings. The fourth-order valence-corrected chi connectivity index (χ4v) is 9.42. The lowest BCUT2D eigenvalue weighted by molar-refractivity contribution is 1.17. The van der Waals surface area contributed by atoms with Crippen LogP contribution in [0.1, 0.15) is 0 Å². The molecule has 3 nitrogen and oxygen atoms in total. The van der Waals surface area contributed by atoms with Crippen LogP contribution in [0, 0.1) is 0 Å². The molecule has 8 aromatic carbocycles. The third-order valence-electron chi connectivity index (χ3n) is 10.5. The third kappa shape index (κ3) is 4.31. The number of thiophene rings is 1. The fraction of sp³-hybridized carbons (Fsp3) is 0. The van der Waals surface area contributed by atoms with Crippen molar-refractivity contribution in [2.75, 3.05) is 4.90 Å². The molecule has 0 aliphatic carbocycles. The lowest BCUT2D eigenvalue weighted by atomic mass is 10.1. The van der Waals surface area contributed by atoms with Gasteiger partial charge in [0.15, 0.2) is 0 Å². The normalized spacial score (nSPS) is 11.8. The Kier molecular flexibility index (Phi) is 6.42. The molecule has 0 atom stereocenters. The largest absolute Gasteiger partial charge is 0.310 e. The van der Waals surface area contributed by atoms with Gasteiger partial charge in [0.1, 0.15) is 0 Å². The maximum atomic E-state index is 2.47. The molecule has 0 spiro atoms. The van der Waals surface area contributed by atoms with Crippen molar-refractivity contribution in [3.05, 3.63) is 188 Å². The summed E-state index contributed by atoms with van der Waals surface area (Å²) in [7, 11) is 0. The van der Waals surface area contributed by atoms with Crippen LogP contribution in [-0.2, 0) is 0 Å². The predicted octanol–water partition coefficient (Wildman–Crippen LogP) is 13.7. The van der Waals surface area contributed by atoms with Gasteiger partial charge >= 0.3 is 0 Å². The van der Waals surface area contributed by atoms with Crippen molar-refractivity contribution in [3.8, 4) is 11.4 Å². The number of hydrogen-bond donors (Lipinski definition) is 0. The van der Waals surface area contributed by atoms with Gasteiger partial charge in [-0.15, -0.1) is 11.3 Å². The Labute approximate surface area is 304 Å². The quantitative estimate of drug-likeness (QED) is 0.176. The molecule has 0 aliphatic heterocycles. The van der Waals surface area contributed by atoms with Crippen LogP contribution >= 0.6 is 11.3 Å². The summed E-state index contributed by atoms with van der Waals surface area (Å²) >= 11 is 1.86. The van der Waals surface area contributed by atoms with Crippen molar-refractivity contribution >= 4 is 92.2 Å². The molecule has 0 bridgehead atoms. The molecule has 11 rings (SSSR count). The van der Waals surface area contributed by atoms with Crippen LogP contribution in [-0.4, -0.2) is 9.13 Å². The third-order valence-corrected chi connectivity index (χ3v) is 11.6. The van der Waals surface area contributed by atoms with Crippen molar-refractivity contribution in [3.63, 3.8) is 0 Å². The summed E-state index contributed by atoms with van der Waals surface area (Å²) in [6.07, 6.45) is 0. The Bertz CT molecular complexity index is 3090. The molecule has 0 saturated heterocycles. The summed E-state index contributed by atoms with van der Waals surface area (Å²) in [6, 6.07) is 68.5. The molecule has 4 heteroatoms. The van der Waals surface area contributed by atoms with Crippen molar-refractivity contribution in [1.29, 1.82) is 0 Å². The van der Waals surface area contributed by atoms with Crippen molar-refractivity contribution in [1.82, 2.24) is 9.13 Å². The molecule has 52 heavy (non-hydrogen) atoms. The van der Waals surface area contributed by atoms with Gasteiger partial charge in [-0.25, -0.2) is 0 Å². The summed E-state index contributed by atoms with van der Waals surface area (Å²) < 4.78 is 7.37. The number of fused-ring (bicyclic) bond motifs is 9. The molecule has 0 amide bonds. The molecule has 3 heterocycles. The highest BCUT2D eigenvalue weighted by atomic mass is 32.1. The maximum absolute atomic E-state index is 2.47. The highest BCUT2D eigenvalue weighted by Gasteiger charge is 2.22. The monoisotopic (exact) mass is 681 g/mol. The molecule has 0 N–H and O–H groups in total. The summed E-state index contributed by atoms with van der Waals surface area (Å²) in [5.74, 6) is 0. The lowest BCUT2D eigenvalue weighted by Crippen LogP contribution is -2.11. The summed E-state index contributed by atoms with van der Waals surface area (Å²) in [6.45, 7) is 0. The van der Waals surface area contributed by atoms with E-state index in [1.807, 2.05) is 11.3 Å². The molecule has 0 fully saturated rings. The molecular formula is C48H31N3S. The van der Waals surface area contributed by atoms with Crippen molar-refractivity contribution < 1.29 is 0 Å².